The van der Waals surface area contributed by atoms with Crippen LogP contribution in [0.25, 0.3) is 4.96 Å². The summed E-state index contributed by atoms with van der Waals surface area (Å²) < 4.78 is 1.81. The van der Waals surface area contributed by atoms with Gasteiger partial charge in [-0.3, -0.25) is 38.0 Å². The van der Waals surface area contributed by atoms with Gasteiger partial charge in [-0.15, -0.1) is 11.3 Å². The fourth-order valence-corrected chi connectivity index (χ4v) is 8.74. The first-order valence-electron chi connectivity index (χ1n) is 19.9. The minimum absolute atomic E-state index is 0.0103. The lowest BCUT2D eigenvalue weighted by Gasteiger charge is -2.31. The largest absolute Gasteiger partial charge is 0.391 e. The molecule has 17 nitrogen and oxygen atoms in total. The van der Waals surface area contributed by atoms with E-state index in [1.165, 1.54) is 30.1 Å². The Morgan fingerprint density at radius 1 is 0.914 bits per heavy atom. The van der Waals surface area contributed by atoms with Crippen LogP contribution < -0.4 is 31.9 Å². The van der Waals surface area contributed by atoms with Crippen molar-refractivity contribution in [2.24, 2.45) is 11.8 Å². The van der Waals surface area contributed by atoms with Crippen LogP contribution in [0.5, 0.6) is 0 Å². The molecular formula is C40H53N9O8S. The summed E-state index contributed by atoms with van der Waals surface area (Å²) in [6, 6.07) is 1.55. The summed E-state index contributed by atoms with van der Waals surface area (Å²) in [5.41, 5.74) is 1.23. The number of thiazole rings is 1. The summed E-state index contributed by atoms with van der Waals surface area (Å²) in [6.45, 7) is 6.51. The van der Waals surface area contributed by atoms with Gasteiger partial charge < -0.3 is 41.9 Å². The zero-order valence-corrected chi connectivity index (χ0v) is 33.9. The van der Waals surface area contributed by atoms with Crippen molar-refractivity contribution >= 4 is 57.6 Å². The van der Waals surface area contributed by atoms with Gasteiger partial charge in [-0.05, 0) is 51.0 Å². The van der Waals surface area contributed by atoms with Crippen LogP contribution in [0.3, 0.4) is 0 Å². The van der Waals surface area contributed by atoms with Crippen LogP contribution in [-0.2, 0) is 46.4 Å². The van der Waals surface area contributed by atoms with Gasteiger partial charge in [0.05, 0.1) is 24.1 Å². The molecule has 7 amide bonds. The number of aliphatic hydroxyl groups excluding tert-OH is 1. The first-order chi connectivity index (χ1) is 27.7. The SMILES string of the molecule is CC(C)C[C@@H]1NC(=O)[C@@H]2CCC[C@H]2NC(=O)[C@H](C)NC(=O)C2C[C@@H](NC(=O)Cc3cn4ccsc4n3)CN2C(=O)[C@H](Cc2ccccc2)NC(=O)[C@H]([C@@H](C)O)NC1=O. The van der Waals surface area contributed by atoms with Crippen molar-refractivity contribution in [2.45, 2.75) is 121 Å². The normalized spacial score (nSPS) is 28.3. The van der Waals surface area contributed by atoms with Gasteiger partial charge in [0, 0.05) is 42.8 Å². The highest BCUT2D eigenvalue weighted by atomic mass is 32.1. The average Bonchev–Trinajstić information content (AvgIpc) is 3.98. The van der Waals surface area contributed by atoms with Gasteiger partial charge in [0.25, 0.3) is 0 Å². The molecule has 4 heterocycles. The number of nitrogens with one attached hydrogen (secondary N) is 6. The van der Waals surface area contributed by atoms with Crippen molar-refractivity contribution in [3.63, 3.8) is 0 Å². The van der Waals surface area contributed by atoms with E-state index in [0.29, 0.717) is 30.5 Å². The van der Waals surface area contributed by atoms with Gasteiger partial charge >= 0.3 is 0 Å². The molecule has 3 fully saturated rings. The average molecular weight is 820 g/mol. The third kappa shape index (κ3) is 10.2. The molecule has 2 aromatic heterocycles. The quantitative estimate of drug-likeness (QED) is 0.161. The molecule has 1 aromatic carbocycles. The molecule has 0 spiro atoms. The maximum Gasteiger partial charge on any atom is 0.246 e. The highest BCUT2D eigenvalue weighted by molar-refractivity contribution is 7.15. The molecule has 1 saturated carbocycles. The Balaban J connectivity index is 1.31. The van der Waals surface area contributed by atoms with Gasteiger partial charge in [0.2, 0.25) is 41.4 Å². The van der Waals surface area contributed by atoms with E-state index >= 15 is 0 Å². The Hall–Kier alpha value is -5.36. The number of aliphatic hydroxyl groups is 1. The van der Waals surface area contributed by atoms with Crippen molar-refractivity contribution in [3.8, 4) is 0 Å². The summed E-state index contributed by atoms with van der Waals surface area (Å²) >= 11 is 1.43. The molecule has 0 bridgehead atoms. The Labute approximate surface area is 340 Å². The fourth-order valence-electron chi connectivity index (χ4n) is 8.02. The number of fused-ring (bicyclic) bond motifs is 3. The van der Waals surface area contributed by atoms with Gasteiger partial charge in [0.1, 0.15) is 30.2 Å². The number of hydrogen-bond acceptors (Lipinski definition) is 10. The number of aromatic nitrogens is 2. The highest BCUT2D eigenvalue weighted by Crippen LogP contribution is 2.27. The van der Waals surface area contributed by atoms with Crippen LogP contribution in [-0.4, -0.2) is 116 Å². The van der Waals surface area contributed by atoms with E-state index in [0.717, 1.165) is 4.96 Å². The Morgan fingerprint density at radius 2 is 1.66 bits per heavy atom. The Morgan fingerprint density at radius 3 is 2.36 bits per heavy atom. The number of hydrogen-bond donors (Lipinski definition) is 7. The molecule has 6 rings (SSSR count). The number of carbonyl (C=O) groups excluding carboxylic acids is 7. The summed E-state index contributed by atoms with van der Waals surface area (Å²) in [4.78, 5) is 104. The van der Waals surface area contributed by atoms with Gasteiger partial charge in [0.15, 0.2) is 4.96 Å². The molecule has 58 heavy (non-hydrogen) atoms. The summed E-state index contributed by atoms with van der Waals surface area (Å²) in [5.74, 6) is -4.86. The van der Waals surface area contributed by atoms with E-state index in [1.54, 1.807) is 36.5 Å². The van der Waals surface area contributed by atoms with E-state index in [2.05, 4.69) is 36.9 Å². The number of benzene rings is 1. The second-order valence-corrected chi connectivity index (χ2v) is 16.9. The second kappa shape index (κ2) is 18.5. The summed E-state index contributed by atoms with van der Waals surface area (Å²) in [7, 11) is 0. The highest BCUT2D eigenvalue weighted by Gasteiger charge is 2.44. The third-order valence-electron chi connectivity index (χ3n) is 11.0. The first-order valence-corrected chi connectivity index (χ1v) is 20.8. The van der Waals surface area contributed by atoms with E-state index < -0.39 is 89.8 Å². The van der Waals surface area contributed by atoms with E-state index in [1.807, 2.05) is 29.8 Å². The van der Waals surface area contributed by atoms with Gasteiger partial charge in [-0.1, -0.05) is 50.6 Å². The third-order valence-corrected chi connectivity index (χ3v) is 11.7. The molecule has 2 saturated heterocycles. The first kappa shape index (κ1) is 42.3. The number of nitrogens with zero attached hydrogens (tertiary/aromatic N) is 3. The van der Waals surface area contributed by atoms with E-state index in [4.69, 9.17) is 0 Å². The number of rotatable bonds is 8. The lowest BCUT2D eigenvalue weighted by atomic mass is 9.98. The van der Waals surface area contributed by atoms with Gasteiger partial charge in [-0.2, -0.15) is 0 Å². The number of imidazole rings is 1. The van der Waals surface area contributed by atoms with E-state index in [9.17, 15) is 38.7 Å². The van der Waals surface area contributed by atoms with Crippen molar-refractivity contribution in [3.05, 3.63) is 59.4 Å². The molecule has 1 unspecified atom stereocenters. The van der Waals surface area contributed by atoms with Crippen molar-refractivity contribution in [2.75, 3.05) is 6.54 Å². The predicted octanol–water partition coefficient (Wildman–Crippen LogP) is -0.0488. The van der Waals surface area contributed by atoms with Gasteiger partial charge in [-0.25, -0.2) is 4.98 Å². The number of carbonyl (C=O) groups is 7. The van der Waals surface area contributed by atoms with Crippen molar-refractivity contribution in [1.82, 2.24) is 46.2 Å². The lowest BCUT2D eigenvalue weighted by molar-refractivity contribution is -0.143. The molecular weight excluding hydrogens is 767 g/mol. The Bertz CT molecular complexity index is 1970. The minimum Gasteiger partial charge on any atom is -0.391 e. The standard InChI is InChI=1S/C40H53N9O8S/c1-21(2)15-29-36(54)47-33(23(4)50)38(56)46-30(16-24-9-6-5-7-10-24)39(57)49-20-25(42-32(51)18-26-19-48-13-14-58-40(48)43-26)17-31(49)37(55)41-22(3)34(52)44-28-12-8-11-27(28)35(53)45-29/h5-7,9-10,13-14,19,21-23,25,27-31,33,50H,8,11-12,15-18,20H2,1-4H3,(H,41,55)(H,42,51)(H,44,52)(H,45,53)(H,46,56)(H,47,54)/t22-,23+,25+,27+,28+,29-,30-,31?,33-/m0/s1. The predicted molar refractivity (Wildman–Crippen MR) is 213 cm³/mol. The van der Waals surface area contributed by atoms with Crippen LogP contribution in [0, 0.1) is 11.8 Å². The smallest absolute Gasteiger partial charge is 0.246 e. The molecule has 2 aliphatic heterocycles. The van der Waals surface area contributed by atoms with E-state index in [-0.39, 0.29) is 44.1 Å². The minimum atomic E-state index is -1.52. The maximum absolute atomic E-state index is 14.7. The van der Waals surface area contributed by atoms with Crippen LogP contribution in [0.1, 0.15) is 71.1 Å². The molecule has 312 valence electrons. The van der Waals surface area contributed by atoms with Crippen LogP contribution in [0.4, 0.5) is 0 Å². The maximum atomic E-state index is 14.7. The van der Waals surface area contributed by atoms with Crippen LogP contribution >= 0.6 is 11.3 Å². The number of amides is 7. The molecule has 9 atom stereocenters. The molecule has 0 radical (unpaired) electrons. The molecule has 18 heteroatoms. The molecule has 7 N–H and O–H groups in total. The van der Waals surface area contributed by atoms with Crippen LogP contribution in [0.15, 0.2) is 48.1 Å². The summed E-state index contributed by atoms with van der Waals surface area (Å²) in [5, 5.41) is 29.5. The molecule has 3 aromatic rings. The zero-order chi connectivity index (χ0) is 41.7. The fraction of sp³-hybridized carbons (Fsp3) is 0.550. The molecule has 3 aliphatic rings. The second-order valence-electron chi connectivity index (χ2n) is 16.1. The molecule has 1 aliphatic carbocycles. The van der Waals surface area contributed by atoms with Crippen molar-refractivity contribution < 1.29 is 38.7 Å². The lowest BCUT2D eigenvalue weighted by Crippen LogP contribution is -2.61. The van der Waals surface area contributed by atoms with Crippen molar-refractivity contribution in [1.29, 1.82) is 0 Å². The monoisotopic (exact) mass is 819 g/mol. The summed E-state index contributed by atoms with van der Waals surface area (Å²) in [6.07, 6.45) is 3.97. The topological polar surface area (TPSA) is 232 Å². The van der Waals surface area contributed by atoms with Crippen LogP contribution in [0.2, 0.25) is 0 Å². The zero-order valence-electron chi connectivity index (χ0n) is 33.1. The Kier molecular flexibility index (Phi) is 13.5.